The summed E-state index contributed by atoms with van der Waals surface area (Å²) < 4.78 is 9.32. The highest BCUT2D eigenvalue weighted by molar-refractivity contribution is 7.26. The van der Waals surface area contributed by atoms with Crippen LogP contribution in [-0.4, -0.2) is 12.3 Å². The third-order valence-corrected chi connectivity index (χ3v) is 12.4. The third-order valence-electron chi connectivity index (χ3n) is 11.2. The van der Waals surface area contributed by atoms with Gasteiger partial charge >= 0.3 is 0 Å². The molecule has 6 aromatic carbocycles. The van der Waals surface area contributed by atoms with Crippen molar-refractivity contribution < 1.29 is 4.74 Å². The largest absolute Gasteiger partial charge is 0.485 e. The first-order valence-electron chi connectivity index (χ1n) is 17.9. The summed E-state index contributed by atoms with van der Waals surface area (Å²) in [6.07, 6.45) is 7.71. The van der Waals surface area contributed by atoms with E-state index in [1.54, 1.807) is 0 Å². The van der Waals surface area contributed by atoms with E-state index >= 15 is 0 Å². The maximum absolute atomic E-state index is 6.66. The van der Waals surface area contributed by atoms with Crippen LogP contribution >= 0.6 is 11.3 Å². The number of nitrogens with one attached hydrogen (secondary N) is 3. The molecule has 0 radical (unpaired) electrons. The molecule has 0 spiro atoms. The Morgan fingerprint density at radius 3 is 2.27 bits per heavy atom. The SMILES string of the molecule is C1=CC2Oc3cccc(-c4cccc5c4sc4ccccc45)c3C2C=C1C1NC(c2ccccc2)NC(c2cccc3c2-c2ccccc2C3)N1. The van der Waals surface area contributed by atoms with Gasteiger partial charge in [0.2, 0.25) is 0 Å². The van der Waals surface area contributed by atoms with Gasteiger partial charge in [0.1, 0.15) is 11.9 Å². The zero-order valence-corrected chi connectivity index (χ0v) is 28.7. The first kappa shape index (κ1) is 29.4. The molecule has 0 bridgehead atoms. The Labute approximate surface area is 301 Å². The van der Waals surface area contributed by atoms with Crippen molar-refractivity contribution in [2.45, 2.75) is 36.9 Å². The number of hydrogen-bond donors (Lipinski definition) is 3. The molecule has 4 nitrogen and oxygen atoms in total. The quantitative estimate of drug-likeness (QED) is 0.174. The first-order valence-corrected chi connectivity index (χ1v) is 18.7. The van der Waals surface area contributed by atoms with Gasteiger partial charge in [0.25, 0.3) is 0 Å². The molecule has 5 atom stereocenters. The van der Waals surface area contributed by atoms with E-state index in [-0.39, 0.29) is 30.5 Å². The van der Waals surface area contributed by atoms with Crippen LogP contribution in [0.5, 0.6) is 5.75 Å². The van der Waals surface area contributed by atoms with Crippen LogP contribution in [0, 0.1) is 0 Å². The molecule has 1 fully saturated rings. The van der Waals surface area contributed by atoms with Gasteiger partial charge in [-0.3, -0.25) is 16.0 Å². The van der Waals surface area contributed by atoms with Crippen molar-refractivity contribution in [1.82, 2.24) is 16.0 Å². The van der Waals surface area contributed by atoms with Crippen LogP contribution in [0.25, 0.3) is 42.4 Å². The number of ether oxygens (including phenoxy) is 1. The summed E-state index contributed by atoms with van der Waals surface area (Å²) in [6, 6.07) is 48.5. The van der Waals surface area contributed by atoms with E-state index in [9.17, 15) is 0 Å². The van der Waals surface area contributed by atoms with Gasteiger partial charge in [-0.05, 0) is 74.7 Å². The second-order valence-corrected chi connectivity index (χ2v) is 15.1. The van der Waals surface area contributed by atoms with Gasteiger partial charge in [-0.15, -0.1) is 11.3 Å². The number of thiophene rings is 1. The van der Waals surface area contributed by atoms with Crippen LogP contribution < -0.4 is 20.7 Å². The van der Waals surface area contributed by atoms with Crippen molar-refractivity contribution in [2.75, 3.05) is 0 Å². The van der Waals surface area contributed by atoms with Crippen molar-refractivity contribution in [1.29, 1.82) is 0 Å². The molecule has 51 heavy (non-hydrogen) atoms. The molecular weight excluding hydrogens is 643 g/mol. The molecule has 3 N–H and O–H groups in total. The van der Waals surface area contributed by atoms with Gasteiger partial charge in [-0.1, -0.05) is 133 Å². The number of rotatable bonds is 4. The van der Waals surface area contributed by atoms with Gasteiger partial charge in [0.15, 0.2) is 0 Å². The topological polar surface area (TPSA) is 45.3 Å². The van der Waals surface area contributed by atoms with E-state index < -0.39 is 0 Å². The Morgan fingerprint density at radius 1 is 0.588 bits per heavy atom. The molecule has 1 aromatic heterocycles. The molecule has 0 saturated carbocycles. The van der Waals surface area contributed by atoms with E-state index in [0.29, 0.717) is 0 Å². The smallest absolute Gasteiger partial charge is 0.128 e. The zero-order valence-electron chi connectivity index (χ0n) is 27.8. The van der Waals surface area contributed by atoms with Crippen molar-refractivity contribution in [3.63, 3.8) is 0 Å². The van der Waals surface area contributed by atoms with Gasteiger partial charge in [-0.25, -0.2) is 0 Å². The molecular formula is C46H35N3OS. The lowest BCUT2D eigenvalue weighted by Crippen LogP contribution is -2.59. The highest BCUT2D eigenvalue weighted by atomic mass is 32.1. The van der Waals surface area contributed by atoms with Crippen molar-refractivity contribution >= 4 is 31.5 Å². The average Bonchev–Trinajstić information content (AvgIpc) is 3.89. The first-order chi connectivity index (χ1) is 25.3. The van der Waals surface area contributed by atoms with E-state index in [1.165, 1.54) is 75.8 Å². The van der Waals surface area contributed by atoms with Gasteiger partial charge in [-0.2, -0.15) is 0 Å². The Balaban J connectivity index is 1.00. The standard InChI is InChI=1S/C46H35N3OS/c1-2-11-27(12-3-1)44-47-45(49-46(48-44)36-20-8-14-29-25-28-13-4-5-15-31(28)41(29)36)30-23-24-38-37(26-30)42-33(17-10-21-39(42)50-38)35-19-9-18-34-32-16-6-7-22-40(32)51-43(34)35/h1-24,26,37-38,44-49H,25H2. The molecule has 4 aliphatic rings. The normalized spacial score (nSPS) is 23.0. The molecule has 3 heterocycles. The van der Waals surface area contributed by atoms with Gasteiger partial charge < -0.3 is 4.74 Å². The van der Waals surface area contributed by atoms with E-state index in [0.717, 1.165) is 12.2 Å². The van der Waals surface area contributed by atoms with Gasteiger partial charge in [0, 0.05) is 31.7 Å². The average molecular weight is 678 g/mol. The van der Waals surface area contributed by atoms with Crippen molar-refractivity contribution in [2.24, 2.45) is 0 Å². The summed E-state index contributed by atoms with van der Waals surface area (Å²) in [5.74, 6) is 1.08. The molecule has 11 rings (SSSR count). The van der Waals surface area contributed by atoms with Crippen LogP contribution in [0.2, 0.25) is 0 Å². The maximum atomic E-state index is 6.66. The minimum absolute atomic E-state index is 0.0390. The summed E-state index contributed by atoms with van der Waals surface area (Å²) >= 11 is 1.88. The maximum Gasteiger partial charge on any atom is 0.128 e. The van der Waals surface area contributed by atoms with E-state index in [2.05, 4.69) is 168 Å². The predicted molar refractivity (Wildman–Crippen MR) is 209 cm³/mol. The minimum Gasteiger partial charge on any atom is -0.485 e. The summed E-state index contributed by atoms with van der Waals surface area (Å²) in [6.45, 7) is 0. The fraction of sp³-hybridized carbons (Fsp3) is 0.130. The Morgan fingerprint density at radius 2 is 1.31 bits per heavy atom. The van der Waals surface area contributed by atoms with Crippen LogP contribution in [0.3, 0.4) is 0 Å². The van der Waals surface area contributed by atoms with Crippen molar-refractivity contribution in [3.05, 3.63) is 185 Å². The second-order valence-electron chi connectivity index (χ2n) is 14.1. The monoisotopic (exact) mass is 677 g/mol. The van der Waals surface area contributed by atoms with Gasteiger partial charge in [0.05, 0.1) is 18.5 Å². The summed E-state index contributed by atoms with van der Waals surface area (Å²) in [7, 11) is 0. The minimum atomic E-state index is -0.0894. The van der Waals surface area contributed by atoms with E-state index in [4.69, 9.17) is 4.74 Å². The zero-order chi connectivity index (χ0) is 33.5. The summed E-state index contributed by atoms with van der Waals surface area (Å²) in [5, 5.41) is 14.5. The number of fused-ring (bicyclic) bond motifs is 9. The molecule has 7 aromatic rings. The Kier molecular flexibility index (Phi) is 6.71. The highest BCUT2D eigenvalue weighted by Crippen LogP contribution is 2.50. The van der Waals surface area contributed by atoms with Crippen LogP contribution in [0.4, 0.5) is 0 Å². The highest BCUT2D eigenvalue weighted by Gasteiger charge is 2.39. The summed E-state index contributed by atoms with van der Waals surface area (Å²) in [5.41, 5.74) is 13.0. The third kappa shape index (κ3) is 4.70. The molecule has 2 aliphatic heterocycles. The van der Waals surface area contributed by atoms with Crippen LogP contribution in [-0.2, 0) is 6.42 Å². The fourth-order valence-corrected chi connectivity index (χ4v) is 10.1. The number of benzene rings is 6. The molecule has 5 unspecified atom stereocenters. The van der Waals surface area contributed by atoms with E-state index in [1.807, 2.05) is 11.3 Å². The lowest BCUT2D eigenvalue weighted by Gasteiger charge is -2.41. The molecule has 5 heteroatoms. The summed E-state index contributed by atoms with van der Waals surface area (Å²) in [4.78, 5) is 0. The molecule has 2 aliphatic carbocycles. The van der Waals surface area contributed by atoms with Crippen molar-refractivity contribution in [3.8, 4) is 28.0 Å². The lowest BCUT2D eigenvalue weighted by atomic mass is 9.83. The Hall–Kier alpha value is -5.30. The van der Waals surface area contributed by atoms with Crippen LogP contribution in [0.15, 0.2) is 157 Å². The lowest BCUT2D eigenvalue weighted by molar-refractivity contribution is 0.221. The fourth-order valence-electron chi connectivity index (χ4n) is 8.88. The molecule has 0 amide bonds. The second kappa shape index (κ2) is 11.6. The number of hydrogen-bond acceptors (Lipinski definition) is 5. The predicted octanol–water partition coefficient (Wildman–Crippen LogP) is 10.1. The molecule has 1 saturated heterocycles. The molecule has 246 valence electrons. The van der Waals surface area contributed by atoms with Crippen LogP contribution in [0.1, 0.15) is 46.1 Å². The Bertz CT molecular complexity index is 2570.